The zero-order chi connectivity index (χ0) is 14.5. The van der Waals surface area contributed by atoms with Gasteiger partial charge in [-0.25, -0.2) is 4.98 Å². The summed E-state index contributed by atoms with van der Waals surface area (Å²) >= 11 is 1.21. The lowest BCUT2D eigenvalue weighted by molar-refractivity contribution is -0.388. The van der Waals surface area contributed by atoms with Gasteiger partial charge < -0.3 is 10.1 Å². The van der Waals surface area contributed by atoms with Crippen LogP contribution < -0.4 is 10.1 Å². The summed E-state index contributed by atoms with van der Waals surface area (Å²) in [5, 5.41) is 14.3. The van der Waals surface area contributed by atoms with Gasteiger partial charge in [0.15, 0.2) is 5.03 Å². The quantitative estimate of drug-likeness (QED) is 0.673. The molecule has 2 aromatic rings. The molecule has 0 saturated carbocycles. The Morgan fingerprint density at radius 2 is 2.05 bits per heavy atom. The topological polar surface area (TPSA) is 77.3 Å². The number of anilines is 1. The number of rotatable bonds is 5. The Morgan fingerprint density at radius 3 is 2.70 bits per heavy atom. The van der Waals surface area contributed by atoms with Crippen molar-refractivity contribution in [3.63, 3.8) is 0 Å². The van der Waals surface area contributed by atoms with E-state index in [1.807, 2.05) is 18.2 Å². The molecule has 0 spiro atoms. The van der Waals surface area contributed by atoms with Crippen LogP contribution in [0.3, 0.4) is 0 Å². The number of nitro groups is 1. The molecule has 0 aliphatic rings. The largest absolute Gasteiger partial charge is 0.496 e. The average molecular weight is 291 g/mol. The van der Waals surface area contributed by atoms with E-state index in [0.29, 0.717) is 16.6 Å². The molecule has 0 amide bonds. The van der Waals surface area contributed by atoms with Crippen LogP contribution in [0.4, 0.5) is 11.5 Å². The summed E-state index contributed by atoms with van der Waals surface area (Å²) in [5.41, 5.74) is -0.0279. The third-order valence-corrected chi connectivity index (χ3v) is 3.62. The van der Waals surface area contributed by atoms with E-state index in [1.54, 1.807) is 26.3 Å². The summed E-state index contributed by atoms with van der Waals surface area (Å²) in [7, 11) is 3.27. The van der Waals surface area contributed by atoms with Crippen LogP contribution in [0.2, 0.25) is 0 Å². The number of nitrogens with one attached hydrogen (secondary N) is 1. The van der Waals surface area contributed by atoms with Crippen LogP contribution in [0.15, 0.2) is 46.3 Å². The van der Waals surface area contributed by atoms with Crippen molar-refractivity contribution < 1.29 is 9.66 Å². The lowest BCUT2D eigenvalue weighted by Crippen LogP contribution is -1.98. The number of ether oxygens (including phenoxy) is 1. The fraction of sp³-hybridized carbons (Fsp3) is 0.154. The molecule has 20 heavy (non-hydrogen) atoms. The van der Waals surface area contributed by atoms with Crippen LogP contribution in [-0.2, 0) is 0 Å². The lowest BCUT2D eigenvalue weighted by atomic mass is 10.3. The number of para-hydroxylation sites is 1. The van der Waals surface area contributed by atoms with Crippen molar-refractivity contribution in [3.8, 4) is 5.75 Å². The van der Waals surface area contributed by atoms with Crippen molar-refractivity contribution in [1.29, 1.82) is 0 Å². The third kappa shape index (κ3) is 3.00. The highest BCUT2D eigenvalue weighted by molar-refractivity contribution is 7.99. The molecule has 0 fully saturated rings. The number of benzene rings is 1. The zero-order valence-corrected chi connectivity index (χ0v) is 11.8. The van der Waals surface area contributed by atoms with Gasteiger partial charge >= 0.3 is 5.69 Å². The van der Waals surface area contributed by atoms with E-state index in [9.17, 15) is 10.1 Å². The Bertz CT molecular complexity index is 634. The molecular weight excluding hydrogens is 278 g/mol. The maximum Gasteiger partial charge on any atom is 0.301 e. The standard InChI is InChI=1S/C13H13N3O3S/c1-14-12-8-7-9(16(17)18)13(15-12)20-11-6-4-3-5-10(11)19-2/h3-8H,1-2H3,(H,14,15). The predicted molar refractivity (Wildman–Crippen MR) is 77.6 cm³/mol. The number of pyridine rings is 1. The molecule has 2 rings (SSSR count). The summed E-state index contributed by atoms with van der Waals surface area (Å²) in [6.45, 7) is 0. The number of methoxy groups -OCH3 is 1. The molecule has 1 aromatic heterocycles. The lowest BCUT2D eigenvalue weighted by Gasteiger charge is -2.08. The van der Waals surface area contributed by atoms with Crippen molar-refractivity contribution in [2.75, 3.05) is 19.5 Å². The SMILES string of the molecule is CNc1ccc([N+](=O)[O-])c(Sc2ccccc2OC)n1. The number of hydrogen-bond acceptors (Lipinski definition) is 6. The first-order valence-corrected chi connectivity index (χ1v) is 6.61. The fourth-order valence-electron chi connectivity index (χ4n) is 1.59. The van der Waals surface area contributed by atoms with Gasteiger partial charge in [-0.15, -0.1) is 0 Å². The molecule has 7 heteroatoms. The van der Waals surface area contributed by atoms with Gasteiger partial charge in [0.05, 0.1) is 16.9 Å². The van der Waals surface area contributed by atoms with Gasteiger partial charge in [0.2, 0.25) is 0 Å². The number of nitrogens with zero attached hydrogens (tertiary/aromatic N) is 2. The Balaban J connectivity index is 2.43. The summed E-state index contributed by atoms with van der Waals surface area (Å²) < 4.78 is 5.24. The van der Waals surface area contributed by atoms with E-state index in [0.717, 1.165) is 4.90 Å². The molecule has 0 unspecified atom stereocenters. The molecule has 1 N–H and O–H groups in total. The van der Waals surface area contributed by atoms with Crippen LogP contribution in [0, 0.1) is 10.1 Å². The van der Waals surface area contributed by atoms with Crippen molar-refractivity contribution in [1.82, 2.24) is 4.98 Å². The molecule has 0 aliphatic heterocycles. The summed E-state index contributed by atoms with van der Waals surface area (Å²) in [5.74, 6) is 1.23. The molecule has 104 valence electrons. The van der Waals surface area contributed by atoms with E-state index in [4.69, 9.17) is 4.74 Å². The van der Waals surface area contributed by atoms with Gasteiger partial charge in [-0.1, -0.05) is 23.9 Å². The third-order valence-electron chi connectivity index (χ3n) is 2.57. The second kappa shape index (κ2) is 6.25. The monoisotopic (exact) mass is 291 g/mol. The smallest absolute Gasteiger partial charge is 0.301 e. The van der Waals surface area contributed by atoms with E-state index in [-0.39, 0.29) is 5.69 Å². The van der Waals surface area contributed by atoms with Gasteiger partial charge in [-0.3, -0.25) is 10.1 Å². The highest BCUT2D eigenvalue weighted by Crippen LogP contribution is 2.38. The maximum atomic E-state index is 11.1. The summed E-state index contributed by atoms with van der Waals surface area (Å²) in [6.07, 6.45) is 0. The number of aromatic nitrogens is 1. The van der Waals surface area contributed by atoms with Crippen LogP contribution in [0.25, 0.3) is 0 Å². The van der Waals surface area contributed by atoms with Crippen LogP contribution in [0.1, 0.15) is 0 Å². The minimum Gasteiger partial charge on any atom is -0.496 e. The molecule has 0 aliphatic carbocycles. The minimum absolute atomic E-state index is 0.0279. The van der Waals surface area contributed by atoms with Crippen LogP contribution >= 0.6 is 11.8 Å². The van der Waals surface area contributed by atoms with Gasteiger partial charge in [0.1, 0.15) is 11.6 Å². The highest BCUT2D eigenvalue weighted by Gasteiger charge is 2.18. The molecule has 6 nitrogen and oxygen atoms in total. The zero-order valence-electron chi connectivity index (χ0n) is 11.0. The summed E-state index contributed by atoms with van der Waals surface area (Å²) in [6, 6.07) is 10.3. The van der Waals surface area contributed by atoms with Crippen LogP contribution in [0.5, 0.6) is 5.75 Å². The van der Waals surface area contributed by atoms with Gasteiger partial charge in [0, 0.05) is 13.1 Å². The van der Waals surface area contributed by atoms with Crippen LogP contribution in [-0.4, -0.2) is 24.1 Å². The fourth-order valence-corrected chi connectivity index (χ4v) is 2.59. The van der Waals surface area contributed by atoms with E-state index >= 15 is 0 Å². The van der Waals surface area contributed by atoms with Crippen molar-refractivity contribution >= 4 is 23.3 Å². The van der Waals surface area contributed by atoms with E-state index < -0.39 is 4.92 Å². The Labute approximate surface area is 120 Å². The van der Waals surface area contributed by atoms with E-state index in [2.05, 4.69) is 10.3 Å². The Morgan fingerprint density at radius 1 is 1.30 bits per heavy atom. The molecule has 1 aromatic carbocycles. The molecule has 0 atom stereocenters. The molecular formula is C13H13N3O3S. The predicted octanol–water partition coefficient (Wildman–Crippen LogP) is 3.19. The van der Waals surface area contributed by atoms with Gasteiger partial charge in [0.25, 0.3) is 0 Å². The first-order valence-electron chi connectivity index (χ1n) is 5.79. The first-order chi connectivity index (χ1) is 9.65. The molecule has 1 heterocycles. The number of hydrogen-bond donors (Lipinski definition) is 1. The first kappa shape index (κ1) is 14.1. The normalized spacial score (nSPS) is 10.1. The second-order valence-corrected chi connectivity index (χ2v) is 4.81. The molecule has 0 radical (unpaired) electrons. The average Bonchev–Trinajstić information content (AvgIpc) is 2.47. The Kier molecular flexibility index (Phi) is 4.41. The van der Waals surface area contributed by atoms with Crippen molar-refractivity contribution in [2.45, 2.75) is 9.92 Å². The maximum absolute atomic E-state index is 11.1. The highest BCUT2D eigenvalue weighted by atomic mass is 32.2. The second-order valence-electron chi connectivity index (χ2n) is 3.78. The van der Waals surface area contributed by atoms with Gasteiger partial charge in [-0.05, 0) is 18.2 Å². The minimum atomic E-state index is -0.440. The summed E-state index contributed by atoms with van der Waals surface area (Å²) in [4.78, 5) is 15.6. The Hall–Kier alpha value is -2.28. The molecule has 0 bridgehead atoms. The van der Waals surface area contributed by atoms with Gasteiger partial charge in [-0.2, -0.15) is 0 Å². The van der Waals surface area contributed by atoms with Crippen molar-refractivity contribution in [2.24, 2.45) is 0 Å². The molecule has 0 saturated heterocycles. The van der Waals surface area contributed by atoms with E-state index in [1.165, 1.54) is 17.8 Å². The van der Waals surface area contributed by atoms with Crippen molar-refractivity contribution in [3.05, 3.63) is 46.5 Å².